The molecule has 0 unspecified atom stereocenters. The topological polar surface area (TPSA) is 0 Å². The molecule has 0 atom stereocenters. The largest absolute Gasteiger partial charge is 1.00 e. The molecule has 0 fully saturated rings. The third-order valence-electron chi connectivity index (χ3n) is 1.06. The summed E-state index contributed by atoms with van der Waals surface area (Å²) in [4.78, 5) is 0. The fraction of sp³-hybridized carbons (Fsp3) is 0. The standard InChI is InChI=1S/C6HF5.3BF4.K.H/c7-2-1-3(8)5(10)6(11)4(2)9;3*2-1(3,4)5;;/h1H;;;;;/q;3*-1;+1;-1. The van der Waals surface area contributed by atoms with Gasteiger partial charge in [-0.05, 0) is 0 Å². The van der Waals surface area contributed by atoms with E-state index < -0.39 is 50.8 Å². The molecule has 158 valence electrons. The molecule has 0 saturated carbocycles. The smallest absolute Gasteiger partial charge is 1.00 e. The molecule has 1 rings (SSSR count). The van der Waals surface area contributed by atoms with Gasteiger partial charge < -0.3 is 53.2 Å². The predicted octanol–water partition coefficient (Wildman–Crippen LogP) is 3.40. The molecule has 0 aliphatic carbocycles. The number of rotatable bonds is 0. The summed E-state index contributed by atoms with van der Waals surface area (Å²) in [6.45, 7) is 0. The maximum absolute atomic E-state index is 12.0. The molecule has 1 aromatic carbocycles. The Kier molecular flexibility index (Phi) is 17.7. The Morgan fingerprint density at radius 3 is 0.741 bits per heavy atom. The summed E-state index contributed by atoms with van der Waals surface area (Å²) in [7, 11) is -18.0. The molecule has 0 nitrogen and oxygen atoms in total. The first-order chi connectivity index (χ1) is 11.0. The average Bonchev–Trinajstić information content (AvgIpc) is 2.27. The molecule has 0 aromatic heterocycles. The maximum Gasteiger partial charge on any atom is 1.00 e. The summed E-state index contributed by atoms with van der Waals surface area (Å²) in [6, 6.07) is -0.0618. The molecular formula is C6H2B3F17K-3. The third kappa shape index (κ3) is 37.3. The second-order valence-electron chi connectivity index (χ2n) is 3.27. The molecule has 0 bridgehead atoms. The number of hydrogen-bond acceptors (Lipinski definition) is 0. The van der Waals surface area contributed by atoms with Gasteiger partial charge in [0.05, 0.1) is 0 Å². The van der Waals surface area contributed by atoms with Gasteiger partial charge in [0.25, 0.3) is 0 Å². The number of hydrogen-bond donors (Lipinski definition) is 0. The molecule has 0 aliphatic rings. The van der Waals surface area contributed by atoms with E-state index in [0.717, 1.165) is 0 Å². The van der Waals surface area contributed by atoms with Gasteiger partial charge in [0.15, 0.2) is 23.3 Å². The molecule has 0 radical (unpaired) electrons. The van der Waals surface area contributed by atoms with Crippen molar-refractivity contribution in [1.29, 1.82) is 0 Å². The van der Waals surface area contributed by atoms with Crippen molar-refractivity contribution in [3.05, 3.63) is 35.2 Å². The van der Waals surface area contributed by atoms with Crippen LogP contribution in [0.4, 0.5) is 73.7 Å². The summed E-state index contributed by atoms with van der Waals surface area (Å²) in [5, 5.41) is 0. The van der Waals surface area contributed by atoms with Crippen molar-refractivity contribution in [3.63, 3.8) is 0 Å². The van der Waals surface area contributed by atoms with Crippen LogP contribution in [0, 0.1) is 29.1 Å². The van der Waals surface area contributed by atoms with Crippen molar-refractivity contribution >= 4 is 21.8 Å². The molecule has 0 amide bonds. The van der Waals surface area contributed by atoms with Crippen molar-refractivity contribution in [2.24, 2.45) is 0 Å². The van der Waals surface area contributed by atoms with E-state index >= 15 is 0 Å². The Bertz CT molecular complexity index is 469. The Balaban J connectivity index is -0.0000000896. The van der Waals surface area contributed by atoms with Crippen LogP contribution in [0.5, 0.6) is 0 Å². The van der Waals surface area contributed by atoms with E-state index in [2.05, 4.69) is 0 Å². The Hall–Kier alpha value is -0.139. The van der Waals surface area contributed by atoms with Crippen LogP contribution in [0.1, 0.15) is 1.43 Å². The van der Waals surface area contributed by atoms with E-state index in [1.807, 2.05) is 0 Å². The van der Waals surface area contributed by atoms with Crippen LogP contribution >= 0.6 is 0 Å². The van der Waals surface area contributed by atoms with Gasteiger partial charge in [-0.2, -0.15) is 0 Å². The van der Waals surface area contributed by atoms with Gasteiger partial charge in [-0.1, -0.05) is 0 Å². The van der Waals surface area contributed by atoms with Crippen molar-refractivity contribution in [3.8, 4) is 0 Å². The van der Waals surface area contributed by atoms with Crippen LogP contribution < -0.4 is 51.4 Å². The number of benzene rings is 1. The SMILES string of the molecule is F[B-](F)(F)F.F[B-](F)(F)F.F[B-](F)(F)F.Fc1cc(F)c(F)c(F)c1F.[H-].[K+]. The first-order valence-electron chi connectivity index (χ1n) is 5.14. The molecule has 0 saturated heterocycles. The Morgan fingerprint density at radius 2 is 0.593 bits per heavy atom. The van der Waals surface area contributed by atoms with Crippen LogP contribution in [0.25, 0.3) is 0 Å². The quantitative estimate of drug-likeness (QED) is 0.237. The van der Waals surface area contributed by atoms with Gasteiger partial charge in [0.2, 0.25) is 5.82 Å². The van der Waals surface area contributed by atoms with Crippen molar-refractivity contribution in [1.82, 2.24) is 0 Å². The van der Waals surface area contributed by atoms with Crippen LogP contribution in [0.2, 0.25) is 0 Å². The van der Waals surface area contributed by atoms with E-state index in [-0.39, 0.29) is 58.9 Å². The fourth-order valence-corrected chi connectivity index (χ4v) is 0.544. The second kappa shape index (κ2) is 13.9. The molecule has 1 aromatic rings. The van der Waals surface area contributed by atoms with E-state index in [1.165, 1.54) is 0 Å². The Morgan fingerprint density at radius 1 is 0.444 bits per heavy atom. The summed E-state index contributed by atoms with van der Waals surface area (Å²) in [6.07, 6.45) is 0. The molecule has 21 heteroatoms. The summed E-state index contributed by atoms with van der Waals surface area (Å²) in [5.41, 5.74) is 0. The second-order valence-corrected chi connectivity index (χ2v) is 3.27. The average molecular weight is 469 g/mol. The minimum atomic E-state index is -6.00. The normalized spacial score (nSPS) is 10.9. The van der Waals surface area contributed by atoms with Crippen LogP contribution in [-0.4, -0.2) is 21.8 Å². The molecular weight excluding hydrogens is 467 g/mol. The summed E-state index contributed by atoms with van der Waals surface area (Å²) >= 11 is 0. The summed E-state index contributed by atoms with van der Waals surface area (Å²) in [5.74, 6) is -9.65. The monoisotopic (exact) mass is 469 g/mol. The van der Waals surface area contributed by atoms with Crippen LogP contribution in [-0.2, 0) is 0 Å². The first kappa shape index (κ1) is 34.4. The van der Waals surface area contributed by atoms with Gasteiger partial charge in [0, 0.05) is 6.07 Å². The predicted molar refractivity (Wildman–Crippen MR) is 57.9 cm³/mol. The van der Waals surface area contributed by atoms with Crippen molar-refractivity contribution in [2.75, 3.05) is 0 Å². The van der Waals surface area contributed by atoms with Crippen molar-refractivity contribution in [2.45, 2.75) is 0 Å². The maximum atomic E-state index is 12.0. The molecule has 0 N–H and O–H groups in total. The molecule has 0 heterocycles. The molecule has 27 heavy (non-hydrogen) atoms. The Labute approximate surface area is 182 Å². The minimum absolute atomic E-state index is 0. The number of halogens is 17. The zero-order valence-corrected chi connectivity index (χ0v) is 15.4. The van der Waals surface area contributed by atoms with E-state index in [1.54, 1.807) is 0 Å². The van der Waals surface area contributed by atoms with Gasteiger partial charge in [-0.3, -0.25) is 0 Å². The van der Waals surface area contributed by atoms with Gasteiger partial charge in [-0.25, -0.2) is 22.0 Å². The van der Waals surface area contributed by atoms with E-state index in [9.17, 15) is 73.7 Å². The molecule has 0 aliphatic heterocycles. The molecule has 0 spiro atoms. The zero-order chi connectivity index (χ0) is 22.1. The third-order valence-corrected chi connectivity index (χ3v) is 1.06. The van der Waals surface area contributed by atoms with E-state index in [0.29, 0.717) is 0 Å². The summed E-state index contributed by atoms with van der Waals surface area (Å²) < 4.78 is 177. The minimum Gasteiger partial charge on any atom is -1.00 e. The van der Waals surface area contributed by atoms with Crippen LogP contribution in [0.3, 0.4) is 0 Å². The zero-order valence-electron chi connectivity index (χ0n) is 13.2. The van der Waals surface area contributed by atoms with Crippen molar-refractivity contribution < 1.29 is 127 Å². The van der Waals surface area contributed by atoms with Gasteiger partial charge >= 0.3 is 73.1 Å². The van der Waals surface area contributed by atoms with E-state index in [4.69, 9.17) is 0 Å². The van der Waals surface area contributed by atoms with Gasteiger partial charge in [-0.15, -0.1) is 0 Å². The fourth-order valence-electron chi connectivity index (χ4n) is 0.544. The van der Waals surface area contributed by atoms with Crippen LogP contribution in [0.15, 0.2) is 6.07 Å². The van der Waals surface area contributed by atoms with Gasteiger partial charge in [0.1, 0.15) is 0 Å². The first-order valence-corrected chi connectivity index (χ1v) is 5.14.